The van der Waals surface area contributed by atoms with E-state index in [9.17, 15) is 8.42 Å². The Hall–Kier alpha value is -1.80. The molecule has 27 heavy (non-hydrogen) atoms. The molecule has 0 atom stereocenters. The van der Waals surface area contributed by atoms with Crippen LogP contribution in [0.25, 0.3) is 0 Å². The molecule has 0 radical (unpaired) electrons. The topological polar surface area (TPSA) is 59.1 Å². The van der Waals surface area contributed by atoms with Crippen LogP contribution in [0.15, 0.2) is 53.4 Å². The predicted octanol–water partition coefficient (Wildman–Crippen LogP) is 2.98. The fourth-order valence-corrected chi connectivity index (χ4v) is 3.31. The van der Waals surface area contributed by atoms with Crippen LogP contribution in [0.2, 0.25) is 5.02 Å². The number of rotatable bonds is 10. The highest BCUT2D eigenvalue weighted by Crippen LogP contribution is 2.18. The average molecular weight is 413 g/mol. The largest absolute Gasteiger partial charge is 0.492 e. The molecule has 0 N–H and O–H groups in total. The van der Waals surface area contributed by atoms with E-state index >= 15 is 0 Å². The normalized spacial score (nSPS) is 11.8. The van der Waals surface area contributed by atoms with Crippen molar-refractivity contribution in [2.24, 2.45) is 0 Å². The van der Waals surface area contributed by atoms with Crippen LogP contribution in [0.3, 0.4) is 0 Å². The molecular formula is C19H25ClN2O4S. The maximum Gasteiger partial charge on any atom is 0.242 e. The van der Waals surface area contributed by atoms with Crippen molar-refractivity contribution in [3.05, 3.63) is 53.6 Å². The first kappa shape index (κ1) is 21.5. The molecule has 0 unspecified atom stereocenters. The van der Waals surface area contributed by atoms with Crippen molar-refractivity contribution in [1.29, 1.82) is 0 Å². The zero-order chi connectivity index (χ0) is 19.9. The van der Waals surface area contributed by atoms with Gasteiger partial charge in [0.2, 0.25) is 10.0 Å². The fourth-order valence-electron chi connectivity index (χ4n) is 2.23. The number of ether oxygens (including phenoxy) is 2. The van der Waals surface area contributed by atoms with E-state index < -0.39 is 10.0 Å². The van der Waals surface area contributed by atoms with Crippen LogP contribution in [0.5, 0.6) is 11.5 Å². The first-order chi connectivity index (χ1) is 12.8. The first-order valence-corrected chi connectivity index (χ1v) is 10.3. The summed E-state index contributed by atoms with van der Waals surface area (Å²) in [6.07, 6.45) is 0. The zero-order valence-corrected chi connectivity index (χ0v) is 17.3. The van der Waals surface area contributed by atoms with Gasteiger partial charge in [-0.3, -0.25) is 4.90 Å². The molecule has 6 nitrogen and oxygen atoms in total. The van der Waals surface area contributed by atoms with Crippen LogP contribution in [0.4, 0.5) is 0 Å². The Labute approximate surface area is 166 Å². The molecule has 0 fully saturated rings. The summed E-state index contributed by atoms with van der Waals surface area (Å²) in [4.78, 5) is 2.34. The van der Waals surface area contributed by atoms with Gasteiger partial charge in [0.25, 0.3) is 0 Å². The van der Waals surface area contributed by atoms with Crippen LogP contribution in [-0.2, 0) is 10.0 Å². The van der Waals surface area contributed by atoms with Crippen LogP contribution < -0.4 is 9.47 Å². The Morgan fingerprint density at radius 3 is 2.04 bits per heavy atom. The monoisotopic (exact) mass is 412 g/mol. The second-order valence-electron chi connectivity index (χ2n) is 6.22. The van der Waals surface area contributed by atoms with E-state index in [-0.39, 0.29) is 4.90 Å². The summed E-state index contributed by atoms with van der Waals surface area (Å²) in [7, 11) is 1.58. The second kappa shape index (κ2) is 9.94. The van der Waals surface area contributed by atoms with E-state index in [0.717, 1.165) is 18.8 Å². The molecule has 0 heterocycles. The van der Waals surface area contributed by atoms with Crippen molar-refractivity contribution >= 4 is 21.6 Å². The highest BCUT2D eigenvalue weighted by atomic mass is 35.5. The molecule has 8 heteroatoms. The van der Waals surface area contributed by atoms with Crippen molar-refractivity contribution in [2.45, 2.75) is 4.90 Å². The van der Waals surface area contributed by atoms with Gasteiger partial charge >= 0.3 is 0 Å². The lowest BCUT2D eigenvalue weighted by atomic mass is 10.3. The number of sulfonamides is 1. The van der Waals surface area contributed by atoms with Crippen LogP contribution in [-0.4, -0.2) is 65.1 Å². The molecule has 0 bridgehead atoms. The molecule has 2 aromatic carbocycles. The summed E-state index contributed by atoms with van der Waals surface area (Å²) in [5, 5.41) is 0.652. The lowest BCUT2D eigenvalue weighted by Gasteiger charge is -2.17. The van der Waals surface area contributed by atoms with Crippen molar-refractivity contribution in [1.82, 2.24) is 9.21 Å². The standard InChI is InChI=1S/C19H25ClN2O4S/c1-21(2)27(23,24)19-9-7-17(8-10-19)25-13-11-22(3)12-14-26-18-6-4-5-16(20)15-18/h4-10,15H,11-14H2,1-3H3. The number of hydrogen-bond donors (Lipinski definition) is 0. The quantitative estimate of drug-likeness (QED) is 0.600. The summed E-state index contributed by atoms with van der Waals surface area (Å²) < 4.78 is 36.6. The first-order valence-electron chi connectivity index (χ1n) is 8.51. The Bertz CT molecular complexity index is 826. The van der Waals surface area contributed by atoms with E-state index in [1.807, 2.05) is 19.2 Å². The summed E-state index contributed by atoms with van der Waals surface area (Å²) in [6, 6.07) is 13.7. The van der Waals surface area contributed by atoms with Crippen molar-refractivity contribution in [3.8, 4) is 11.5 Å². The predicted molar refractivity (Wildman–Crippen MR) is 107 cm³/mol. The van der Waals surface area contributed by atoms with Crippen molar-refractivity contribution in [3.63, 3.8) is 0 Å². The maximum atomic E-state index is 12.0. The summed E-state index contributed by atoms with van der Waals surface area (Å²) in [5.41, 5.74) is 0. The molecule has 148 valence electrons. The van der Waals surface area contributed by atoms with Gasteiger partial charge in [-0.25, -0.2) is 12.7 Å². The maximum absolute atomic E-state index is 12.0. The van der Waals surface area contributed by atoms with Gasteiger partial charge < -0.3 is 9.47 Å². The Morgan fingerprint density at radius 2 is 1.48 bits per heavy atom. The SMILES string of the molecule is CN(CCOc1ccc(S(=O)(=O)N(C)C)cc1)CCOc1cccc(Cl)c1. The van der Waals surface area contributed by atoms with E-state index in [4.69, 9.17) is 21.1 Å². The van der Waals surface area contributed by atoms with Gasteiger partial charge in [-0.05, 0) is 49.5 Å². The summed E-state index contributed by atoms with van der Waals surface area (Å²) >= 11 is 5.92. The number of likely N-dealkylation sites (N-methyl/N-ethyl adjacent to an activating group) is 1. The van der Waals surface area contributed by atoms with Crippen LogP contribution in [0.1, 0.15) is 0 Å². The highest BCUT2D eigenvalue weighted by Gasteiger charge is 2.16. The van der Waals surface area contributed by atoms with Crippen molar-refractivity contribution in [2.75, 3.05) is 47.4 Å². The van der Waals surface area contributed by atoms with Crippen LogP contribution >= 0.6 is 11.6 Å². The Balaban J connectivity index is 1.71. The van der Waals surface area contributed by atoms with Crippen LogP contribution in [0, 0.1) is 0 Å². The minimum atomic E-state index is -3.42. The molecule has 2 rings (SSSR count). The molecule has 0 spiro atoms. The molecular weight excluding hydrogens is 388 g/mol. The molecule has 0 saturated carbocycles. The summed E-state index contributed by atoms with van der Waals surface area (Å²) in [5.74, 6) is 1.39. The van der Waals surface area contributed by atoms with Gasteiger partial charge in [-0.2, -0.15) is 0 Å². The minimum Gasteiger partial charge on any atom is -0.492 e. The van der Waals surface area contributed by atoms with Gasteiger partial charge in [0, 0.05) is 32.2 Å². The van der Waals surface area contributed by atoms with Gasteiger partial charge in [0.05, 0.1) is 4.90 Å². The van der Waals surface area contributed by atoms with Gasteiger partial charge in [-0.1, -0.05) is 17.7 Å². The zero-order valence-electron chi connectivity index (χ0n) is 15.8. The lowest BCUT2D eigenvalue weighted by molar-refractivity contribution is 0.202. The highest BCUT2D eigenvalue weighted by molar-refractivity contribution is 7.89. The Morgan fingerprint density at radius 1 is 0.889 bits per heavy atom. The molecule has 0 aromatic heterocycles. The van der Waals surface area contributed by atoms with Gasteiger partial charge in [0.1, 0.15) is 24.7 Å². The van der Waals surface area contributed by atoms with E-state index in [1.54, 1.807) is 36.4 Å². The van der Waals surface area contributed by atoms with E-state index in [1.165, 1.54) is 18.4 Å². The fraction of sp³-hybridized carbons (Fsp3) is 0.368. The van der Waals surface area contributed by atoms with Crippen molar-refractivity contribution < 1.29 is 17.9 Å². The number of hydrogen-bond acceptors (Lipinski definition) is 5. The third-order valence-electron chi connectivity index (χ3n) is 3.88. The Kier molecular flexibility index (Phi) is 7.91. The smallest absolute Gasteiger partial charge is 0.242 e. The third kappa shape index (κ3) is 6.70. The lowest BCUT2D eigenvalue weighted by Crippen LogP contribution is -2.28. The third-order valence-corrected chi connectivity index (χ3v) is 5.95. The number of nitrogens with zero attached hydrogens (tertiary/aromatic N) is 2. The second-order valence-corrected chi connectivity index (χ2v) is 8.80. The molecule has 0 aliphatic heterocycles. The average Bonchev–Trinajstić information content (AvgIpc) is 2.62. The molecule has 0 aliphatic carbocycles. The van der Waals surface area contributed by atoms with Gasteiger partial charge in [-0.15, -0.1) is 0 Å². The molecule has 0 saturated heterocycles. The summed E-state index contributed by atoms with van der Waals surface area (Å²) in [6.45, 7) is 2.51. The molecule has 2 aromatic rings. The van der Waals surface area contributed by atoms with E-state index in [2.05, 4.69) is 4.90 Å². The number of benzene rings is 2. The van der Waals surface area contributed by atoms with E-state index in [0.29, 0.717) is 24.0 Å². The van der Waals surface area contributed by atoms with Gasteiger partial charge in [0.15, 0.2) is 0 Å². The minimum absolute atomic E-state index is 0.245. The molecule has 0 amide bonds. The number of halogens is 1. The molecule has 0 aliphatic rings.